The maximum atomic E-state index is 10.1. The zero-order chi connectivity index (χ0) is 25.6. The number of hydrogen-bond donors (Lipinski definition) is 0. The van der Waals surface area contributed by atoms with E-state index in [-0.39, 0.29) is 6.04 Å². The fourth-order valence-electron chi connectivity index (χ4n) is 6.48. The smallest absolute Gasteiger partial charge is 0.157 e. The van der Waals surface area contributed by atoms with Crippen LogP contribution in [0.4, 0.5) is 5.82 Å². The fourth-order valence-corrected chi connectivity index (χ4v) is 6.61. The van der Waals surface area contributed by atoms with Crippen molar-refractivity contribution >= 4 is 34.1 Å². The molecule has 3 heterocycles. The van der Waals surface area contributed by atoms with Crippen molar-refractivity contribution in [3.05, 3.63) is 112 Å². The van der Waals surface area contributed by atoms with E-state index in [2.05, 4.69) is 74.9 Å². The Morgan fingerprint density at radius 3 is 2.24 bits per heavy atom. The van der Waals surface area contributed by atoms with Gasteiger partial charge in [0.15, 0.2) is 5.65 Å². The zero-order valence-corrected chi connectivity index (χ0v) is 21.9. The number of hydrogen-bond acceptors (Lipinski definition) is 4. The molecule has 1 fully saturated rings. The summed E-state index contributed by atoms with van der Waals surface area (Å²) in [6, 6.07) is 30.0. The average Bonchev–Trinajstić information content (AvgIpc) is 3.59. The third-order valence-corrected chi connectivity index (χ3v) is 8.43. The van der Waals surface area contributed by atoms with Gasteiger partial charge < -0.3 is 4.90 Å². The summed E-state index contributed by atoms with van der Waals surface area (Å²) < 4.78 is 2.27. The van der Waals surface area contributed by atoms with Crippen LogP contribution < -0.4 is 4.90 Å². The van der Waals surface area contributed by atoms with Crippen LogP contribution >= 0.6 is 11.6 Å². The van der Waals surface area contributed by atoms with Crippen LogP contribution in [0.15, 0.2) is 78.9 Å². The van der Waals surface area contributed by atoms with Crippen LogP contribution in [0.5, 0.6) is 0 Å². The molecule has 5 nitrogen and oxygen atoms in total. The number of rotatable bonds is 4. The van der Waals surface area contributed by atoms with Gasteiger partial charge in [0.2, 0.25) is 0 Å². The zero-order valence-electron chi connectivity index (χ0n) is 21.1. The van der Waals surface area contributed by atoms with Crippen LogP contribution in [-0.2, 0) is 12.8 Å². The predicted molar refractivity (Wildman–Crippen MR) is 153 cm³/mol. The van der Waals surface area contributed by atoms with Gasteiger partial charge in [-0.3, -0.25) is 9.30 Å². The number of imidazole rings is 1. The molecule has 0 radical (unpaired) electrons. The Kier molecular flexibility index (Phi) is 5.80. The van der Waals surface area contributed by atoms with Gasteiger partial charge in [-0.2, -0.15) is 5.26 Å². The standard InChI is InChI=1S/C32H28ClN5/c33-24-15-13-23(14-16-24)30(22-7-2-1-3-8-22)36-17-19-37(20-18-36)32-26-10-6-9-25(26)27(21-34)31-35-28-11-4-5-12-29(28)38(31)32/h1-5,7-8,11-16,30H,6,9-10,17-20H2/t30-/m0/s1. The molecule has 1 saturated heterocycles. The summed E-state index contributed by atoms with van der Waals surface area (Å²) in [4.78, 5) is 10.1. The van der Waals surface area contributed by atoms with Crippen molar-refractivity contribution in [1.29, 1.82) is 5.26 Å². The Bertz CT molecular complexity index is 1680. The summed E-state index contributed by atoms with van der Waals surface area (Å²) in [6.45, 7) is 3.70. The molecule has 1 aliphatic carbocycles. The Hall–Kier alpha value is -3.85. The maximum absolute atomic E-state index is 10.1. The van der Waals surface area contributed by atoms with E-state index >= 15 is 0 Å². The highest BCUT2D eigenvalue weighted by Crippen LogP contribution is 2.39. The number of aromatic nitrogens is 2. The second-order valence-corrected chi connectivity index (χ2v) is 10.7. The molecule has 0 bridgehead atoms. The lowest BCUT2D eigenvalue weighted by Gasteiger charge is -2.41. The first kappa shape index (κ1) is 23.3. The van der Waals surface area contributed by atoms with Gasteiger partial charge >= 0.3 is 0 Å². The quantitative estimate of drug-likeness (QED) is 0.276. The van der Waals surface area contributed by atoms with E-state index in [1.165, 1.54) is 28.1 Å². The predicted octanol–water partition coefficient (Wildman–Crippen LogP) is 6.41. The van der Waals surface area contributed by atoms with Crippen LogP contribution in [-0.4, -0.2) is 40.5 Å². The molecule has 188 valence electrons. The van der Waals surface area contributed by atoms with Crippen molar-refractivity contribution in [3.8, 4) is 6.07 Å². The van der Waals surface area contributed by atoms with E-state index in [0.717, 1.165) is 72.7 Å². The first-order valence-electron chi connectivity index (χ1n) is 13.4. The second-order valence-electron chi connectivity index (χ2n) is 10.3. The molecule has 1 atom stereocenters. The van der Waals surface area contributed by atoms with Gasteiger partial charge in [0.05, 0.1) is 22.6 Å². The second kappa shape index (κ2) is 9.47. The molecule has 0 amide bonds. The van der Waals surface area contributed by atoms with E-state index in [1.54, 1.807) is 0 Å². The van der Waals surface area contributed by atoms with Gasteiger partial charge in [-0.1, -0.05) is 66.2 Å². The summed E-state index contributed by atoms with van der Waals surface area (Å²) in [7, 11) is 0. The number of nitrogens with zero attached hydrogens (tertiary/aromatic N) is 5. The Balaban J connectivity index is 1.28. The lowest BCUT2D eigenvalue weighted by Crippen LogP contribution is -2.48. The average molecular weight is 518 g/mol. The van der Waals surface area contributed by atoms with Crippen molar-refractivity contribution in [1.82, 2.24) is 14.3 Å². The van der Waals surface area contributed by atoms with Crippen LogP contribution in [0, 0.1) is 11.3 Å². The topological polar surface area (TPSA) is 47.6 Å². The molecule has 1 aliphatic heterocycles. The first-order chi connectivity index (χ1) is 18.7. The Morgan fingerprint density at radius 1 is 0.789 bits per heavy atom. The van der Waals surface area contributed by atoms with E-state index in [1.807, 2.05) is 24.3 Å². The minimum atomic E-state index is 0.177. The van der Waals surface area contributed by atoms with Crippen molar-refractivity contribution in [2.75, 3.05) is 31.1 Å². The highest BCUT2D eigenvalue weighted by atomic mass is 35.5. The van der Waals surface area contributed by atoms with E-state index in [9.17, 15) is 5.26 Å². The number of piperazine rings is 1. The SMILES string of the molecule is N#Cc1c2c(c(N3CCN([C@@H](c4ccccc4)c4ccc(Cl)cc4)CC3)n3c1nc1ccccc13)CCC2. The number of halogens is 1. The summed E-state index contributed by atoms with van der Waals surface area (Å²) in [5.74, 6) is 1.24. The minimum absolute atomic E-state index is 0.177. The highest BCUT2D eigenvalue weighted by Gasteiger charge is 2.32. The Morgan fingerprint density at radius 2 is 1.47 bits per heavy atom. The summed E-state index contributed by atoms with van der Waals surface area (Å²) >= 11 is 6.24. The molecule has 2 aliphatic rings. The van der Waals surface area contributed by atoms with E-state index in [0.29, 0.717) is 0 Å². The van der Waals surface area contributed by atoms with Gasteiger partial charge in [0, 0.05) is 31.2 Å². The van der Waals surface area contributed by atoms with Crippen molar-refractivity contribution < 1.29 is 0 Å². The van der Waals surface area contributed by atoms with Gasteiger partial charge in [0.25, 0.3) is 0 Å². The molecule has 7 rings (SSSR count). The third-order valence-electron chi connectivity index (χ3n) is 8.18. The van der Waals surface area contributed by atoms with Crippen LogP contribution in [0.2, 0.25) is 5.02 Å². The Labute approximate surface area is 227 Å². The maximum Gasteiger partial charge on any atom is 0.157 e. The molecule has 0 unspecified atom stereocenters. The van der Waals surface area contributed by atoms with Crippen LogP contribution in [0.1, 0.15) is 40.3 Å². The molecule has 0 spiro atoms. The molecule has 6 heteroatoms. The molecule has 0 saturated carbocycles. The van der Waals surface area contributed by atoms with E-state index < -0.39 is 0 Å². The number of fused-ring (bicyclic) bond motifs is 4. The number of anilines is 1. The summed E-state index contributed by atoms with van der Waals surface area (Å²) in [5, 5.41) is 10.9. The number of benzene rings is 3. The fraction of sp³-hybridized carbons (Fsp3) is 0.250. The molecule has 5 aromatic rings. The van der Waals surface area contributed by atoms with Gasteiger partial charge in [-0.15, -0.1) is 0 Å². The highest BCUT2D eigenvalue weighted by molar-refractivity contribution is 6.30. The molecule has 38 heavy (non-hydrogen) atoms. The molecule has 0 N–H and O–H groups in total. The lowest BCUT2D eigenvalue weighted by atomic mass is 9.96. The monoisotopic (exact) mass is 517 g/mol. The van der Waals surface area contributed by atoms with Crippen LogP contribution in [0.25, 0.3) is 16.7 Å². The summed E-state index contributed by atoms with van der Waals surface area (Å²) in [5.41, 5.74) is 8.67. The molecule has 2 aromatic heterocycles. The molecule has 3 aromatic carbocycles. The minimum Gasteiger partial charge on any atom is -0.355 e. The van der Waals surface area contributed by atoms with Crippen molar-refractivity contribution in [2.45, 2.75) is 25.3 Å². The van der Waals surface area contributed by atoms with Gasteiger partial charge in [-0.05, 0) is 65.8 Å². The van der Waals surface area contributed by atoms with Crippen molar-refractivity contribution in [2.24, 2.45) is 0 Å². The number of nitriles is 1. The third kappa shape index (κ3) is 3.75. The van der Waals surface area contributed by atoms with Crippen molar-refractivity contribution in [3.63, 3.8) is 0 Å². The van der Waals surface area contributed by atoms with Gasteiger partial charge in [0.1, 0.15) is 11.9 Å². The summed E-state index contributed by atoms with van der Waals surface area (Å²) in [6.07, 6.45) is 3.06. The number of para-hydroxylation sites is 2. The normalized spacial score (nSPS) is 16.6. The largest absolute Gasteiger partial charge is 0.355 e. The van der Waals surface area contributed by atoms with Gasteiger partial charge in [-0.25, -0.2) is 4.98 Å². The first-order valence-corrected chi connectivity index (χ1v) is 13.7. The molecular weight excluding hydrogens is 490 g/mol. The van der Waals surface area contributed by atoms with Crippen LogP contribution in [0.3, 0.4) is 0 Å². The lowest BCUT2D eigenvalue weighted by molar-refractivity contribution is 0.212. The molecular formula is C32H28ClN5. The van der Waals surface area contributed by atoms with E-state index in [4.69, 9.17) is 16.6 Å². The number of pyridine rings is 1.